The quantitative estimate of drug-likeness (QED) is 0.210. The maximum Gasteiger partial charge on any atom is 0.289 e. The predicted molar refractivity (Wildman–Crippen MR) is 200 cm³/mol. The highest BCUT2D eigenvalue weighted by Gasteiger charge is 2.43. The lowest BCUT2D eigenvalue weighted by atomic mass is 9.72. The normalized spacial score (nSPS) is 25.7. The van der Waals surface area contributed by atoms with E-state index in [2.05, 4.69) is 54.8 Å². The van der Waals surface area contributed by atoms with E-state index in [0.29, 0.717) is 67.4 Å². The van der Waals surface area contributed by atoms with Crippen LogP contribution in [0.25, 0.3) is 0 Å². The first-order chi connectivity index (χ1) is 25.2. The summed E-state index contributed by atoms with van der Waals surface area (Å²) >= 11 is 0. The number of aliphatic hydroxyl groups excluding tert-OH is 1. The third kappa shape index (κ3) is 7.90. The number of benzene rings is 2. The Morgan fingerprint density at radius 3 is 2.13 bits per heavy atom. The van der Waals surface area contributed by atoms with Crippen LogP contribution in [0.5, 0.6) is 23.0 Å². The number of rotatable bonds is 14. The summed E-state index contributed by atoms with van der Waals surface area (Å²) in [4.78, 5) is 19.5. The van der Waals surface area contributed by atoms with Crippen molar-refractivity contribution in [1.29, 1.82) is 0 Å². The minimum Gasteiger partial charge on any atom is -0.493 e. The zero-order valence-corrected chi connectivity index (χ0v) is 32.3. The molecule has 0 spiro atoms. The summed E-state index contributed by atoms with van der Waals surface area (Å²) in [5, 5.41) is 9.25. The molecule has 2 aromatic carbocycles. The molecule has 0 saturated carbocycles. The largest absolute Gasteiger partial charge is 0.493 e. The molecule has 1 fully saturated rings. The van der Waals surface area contributed by atoms with Gasteiger partial charge in [0.1, 0.15) is 0 Å². The van der Waals surface area contributed by atoms with Crippen molar-refractivity contribution in [3.05, 3.63) is 58.4 Å². The third-order valence-corrected chi connectivity index (χ3v) is 12.1. The van der Waals surface area contributed by atoms with E-state index in [-0.39, 0.29) is 30.5 Å². The molecule has 6 atom stereocenters. The van der Waals surface area contributed by atoms with E-state index in [4.69, 9.17) is 28.4 Å². The Labute approximate surface area is 310 Å². The fraction of sp³-hybridized carbons (Fsp3) is 0.643. The predicted octanol–water partition coefficient (Wildman–Crippen LogP) is 6.87. The van der Waals surface area contributed by atoms with E-state index in [9.17, 15) is 9.90 Å². The average molecular weight is 721 g/mol. The summed E-state index contributed by atoms with van der Waals surface area (Å²) in [5.41, 5.74) is 4.98. The number of allylic oxidation sites excluding steroid dienone is 1. The molecule has 52 heavy (non-hydrogen) atoms. The lowest BCUT2D eigenvalue weighted by molar-refractivity contribution is -0.158. The Balaban J connectivity index is 1.34. The van der Waals surface area contributed by atoms with Gasteiger partial charge >= 0.3 is 0 Å². The van der Waals surface area contributed by atoms with Crippen molar-refractivity contribution in [2.24, 2.45) is 23.7 Å². The smallest absolute Gasteiger partial charge is 0.289 e. The first kappa shape index (κ1) is 38.3. The molecule has 1 amide bonds. The van der Waals surface area contributed by atoms with Crippen LogP contribution in [-0.2, 0) is 27.1 Å². The number of hydrogen-bond donors (Lipinski definition) is 1. The number of amides is 1. The van der Waals surface area contributed by atoms with Gasteiger partial charge in [-0.1, -0.05) is 27.2 Å². The van der Waals surface area contributed by atoms with E-state index in [0.717, 1.165) is 62.3 Å². The average Bonchev–Trinajstić information content (AvgIpc) is 3.17. The number of aliphatic hydroxyl groups is 1. The zero-order valence-electron chi connectivity index (χ0n) is 32.3. The molecule has 0 unspecified atom stereocenters. The molecule has 4 heterocycles. The monoisotopic (exact) mass is 720 g/mol. The van der Waals surface area contributed by atoms with Gasteiger partial charge in [0, 0.05) is 38.7 Å². The highest BCUT2D eigenvalue weighted by Crippen LogP contribution is 2.49. The van der Waals surface area contributed by atoms with Crippen molar-refractivity contribution in [1.82, 2.24) is 9.80 Å². The molecule has 4 aliphatic heterocycles. The number of carbonyl (C=O) groups is 1. The number of fused-ring (bicyclic) bond motifs is 4. The van der Waals surface area contributed by atoms with E-state index in [1.165, 1.54) is 16.7 Å². The number of piperidine rings is 1. The second-order valence-corrected chi connectivity index (χ2v) is 15.3. The second kappa shape index (κ2) is 17.1. The summed E-state index contributed by atoms with van der Waals surface area (Å²) in [7, 11) is 6.75. The van der Waals surface area contributed by atoms with Crippen molar-refractivity contribution in [2.75, 3.05) is 61.3 Å². The minimum absolute atomic E-state index is 0.0786. The van der Waals surface area contributed by atoms with Crippen LogP contribution in [0.15, 0.2) is 36.1 Å². The fourth-order valence-corrected chi connectivity index (χ4v) is 9.04. The number of hydrogen-bond acceptors (Lipinski definition) is 9. The molecule has 1 N–H and O–H groups in total. The third-order valence-electron chi connectivity index (χ3n) is 12.1. The SMILES string of the molecule is CC[C@H]1CN2CCc3cc(OC)c(OC)cc3[C@@H]2C[C@@H]1C[C@@H]1c2cc(OC)c(OC)cc2CCN1C(=O)C1=C[C@H](C(C)C)C[C@H](OCCCCO)O1. The molecule has 0 aliphatic carbocycles. The number of unbranched alkanes of at least 4 members (excludes halogenated alkanes) is 1. The standard InChI is InChI=1S/C42H60N2O8/c1-8-27-25-43-13-11-28-19-36(47-4)38(49-6)23-32(28)34(43)17-31(27)18-35-33-24-39(50-7)37(48-5)20-29(33)12-14-44(35)42(46)40-21-30(26(2)3)22-41(52-40)51-16-10-9-15-45/h19-21,23-24,26-27,30-31,34-35,41,45H,8-18,22,25H2,1-7H3/t27-,30-,31+,34-,35+,41+/m0/s1. The van der Waals surface area contributed by atoms with Crippen LogP contribution in [0, 0.1) is 23.7 Å². The van der Waals surface area contributed by atoms with Crippen LogP contribution in [-0.4, -0.2) is 88.4 Å². The van der Waals surface area contributed by atoms with E-state index >= 15 is 0 Å². The Morgan fingerprint density at radius 1 is 0.865 bits per heavy atom. The van der Waals surface area contributed by atoms with Gasteiger partial charge in [0.05, 0.1) is 41.1 Å². The van der Waals surface area contributed by atoms with Gasteiger partial charge in [-0.3, -0.25) is 9.69 Å². The van der Waals surface area contributed by atoms with Gasteiger partial charge in [0.15, 0.2) is 28.8 Å². The molecule has 4 aliphatic rings. The number of carbonyl (C=O) groups excluding carboxylic acids is 1. The van der Waals surface area contributed by atoms with Crippen molar-refractivity contribution in [3.63, 3.8) is 0 Å². The molecule has 0 radical (unpaired) electrons. The van der Waals surface area contributed by atoms with Crippen LogP contribution in [0.3, 0.4) is 0 Å². The summed E-state index contributed by atoms with van der Waals surface area (Å²) in [6.07, 6.45) is 8.28. The van der Waals surface area contributed by atoms with Crippen LogP contribution in [0.4, 0.5) is 0 Å². The molecule has 2 aromatic rings. The van der Waals surface area contributed by atoms with Crippen molar-refractivity contribution >= 4 is 5.91 Å². The molecular weight excluding hydrogens is 660 g/mol. The maximum atomic E-state index is 14.8. The molecule has 10 heteroatoms. The topological polar surface area (TPSA) is 99.2 Å². The van der Waals surface area contributed by atoms with E-state index in [1.807, 2.05) is 6.08 Å². The van der Waals surface area contributed by atoms with Crippen LogP contribution in [0.1, 0.15) is 93.6 Å². The van der Waals surface area contributed by atoms with Crippen molar-refractivity contribution < 1.29 is 38.3 Å². The Hall–Kier alpha value is -3.47. The Morgan fingerprint density at radius 2 is 1.50 bits per heavy atom. The van der Waals surface area contributed by atoms with E-state index < -0.39 is 6.29 Å². The van der Waals surface area contributed by atoms with Crippen LogP contribution in [0.2, 0.25) is 0 Å². The summed E-state index contributed by atoms with van der Waals surface area (Å²) in [6, 6.07) is 8.66. The summed E-state index contributed by atoms with van der Waals surface area (Å²) in [5.74, 6) is 4.60. The highest BCUT2D eigenvalue weighted by atomic mass is 16.7. The molecule has 1 saturated heterocycles. The molecule has 10 nitrogen and oxygen atoms in total. The van der Waals surface area contributed by atoms with Gasteiger partial charge < -0.3 is 38.4 Å². The van der Waals surface area contributed by atoms with Gasteiger partial charge in [-0.25, -0.2) is 0 Å². The Bertz CT molecular complexity index is 1580. The lowest BCUT2D eigenvalue weighted by Gasteiger charge is -2.49. The van der Waals surface area contributed by atoms with Crippen LogP contribution < -0.4 is 18.9 Å². The fourth-order valence-electron chi connectivity index (χ4n) is 9.04. The molecule has 0 aromatic heterocycles. The molecular formula is C42H60N2O8. The maximum absolute atomic E-state index is 14.8. The first-order valence-electron chi connectivity index (χ1n) is 19.4. The lowest BCUT2D eigenvalue weighted by Crippen LogP contribution is -2.48. The summed E-state index contributed by atoms with van der Waals surface area (Å²) < 4.78 is 35.5. The minimum atomic E-state index is -0.495. The van der Waals surface area contributed by atoms with Gasteiger partial charge in [-0.2, -0.15) is 0 Å². The first-order valence-corrected chi connectivity index (χ1v) is 19.4. The van der Waals surface area contributed by atoms with E-state index in [1.54, 1.807) is 28.4 Å². The Kier molecular flexibility index (Phi) is 12.6. The zero-order chi connectivity index (χ0) is 36.9. The van der Waals surface area contributed by atoms with Crippen LogP contribution >= 0.6 is 0 Å². The van der Waals surface area contributed by atoms with Gasteiger partial charge in [-0.05, 0) is 115 Å². The van der Waals surface area contributed by atoms with Gasteiger partial charge in [-0.15, -0.1) is 0 Å². The number of ether oxygens (including phenoxy) is 6. The highest BCUT2D eigenvalue weighted by molar-refractivity contribution is 5.92. The molecule has 0 bridgehead atoms. The number of methoxy groups -OCH3 is 4. The number of nitrogens with zero attached hydrogens (tertiary/aromatic N) is 2. The van der Waals surface area contributed by atoms with Gasteiger partial charge in [0.25, 0.3) is 5.91 Å². The molecule has 286 valence electrons. The second-order valence-electron chi connectivity index (χ2n) is 15.3. The summed E-state index contributed by atoms with van der Waals surface area (Å²) in [6.45, 7) is 9.93. The van der Waals surface area contributed by atoms with Crippen molar-refractivity contribution in [2.45, 2.75) is 90.5 Å². The van der Waals surface area contributed by atoms with Gasteiger partial charge in [0.2, 0.25) is 6.29 Å². The van der Waals surface area contributed by atoms with Crippen molar-refractivity contribution in [3.8, 4) is 23.0 Å². The molecule has 6 rings (SSSR count).